The number of amides is 1. The third kappa shape index (κ3) is 20.5. The van der Waals surface area contributed by atoms with Gasteiger partial charge < -0.3 is 43.8 Å². The van der Waals surface area contributed by atoms with E-state index in [0.717, 1.165) is 12.1 Å². The normalized spacial score (nSPS) is 10.9. The van der Waals surface area contributed by atoms with Gasteiger partial charge in [-0.15, -0.1) is 0 Å². The first-order valence-electron chi connectivity index (χ1n) is 11.4. The summed E-state index contributed by atoms with van der Waals surface area (Å²) < 4.78 is 37.5. The molecule has 0 saturated carbocycles. The van der Waals surface area contributed by atoms with Crippen LogP contribution in [0.4, 0.5) is 4.79 Å². The van der Waals surface area contributed by atoms with E-state index in [2.05, 4.69) is 10.6 Å². The number of benzene rings is 1. The van der Waals surface area contributed by atoms with Gasteiger partial charge in [0.1, 0.15) is 6.61 Å². The van der Waals surface area contributed by atoms with Gasteiger partial charge in [-0.25, -0.2) is 4.79 Å². The molecular formula is C23H40N2O8. The lowest BCUT2D eigenvalue weighted by Gasteiger charge is -2.09. The van der Waals surface area contributed by atoms with E-state index in [9.17, 15) is 4.79 Å². The average Bonchev–Trinajstić information content (AvgIpc) is 2.84. The van der Waals surface area contributed by atoms with Crippen LogP contribution in [0.1, 0.15) is 5.56 Å². The predicted molar refractivity (Wildman–Crippen MR) is 123 cm³/mol. The smallest absolute Gasteiger partial charge is 0.407 e. The molecule has 10 heteroatoms. The van der Waals surface area contributed by atoms with Gasteiger partial charge in [-0.1, -0.05) is 30.3 Å². The van der Waals surface area contributed by atoms with Crippen molar-refractivity contribution in [3.63, 3.8) is 0 Å². The van der Waals surface area contributed by atoms with Gasteiger partial charge >= 0.3 is 6.09 Å². The summed E-state index contributed by atoms with van der Waals surface area (Å²) in [4.78, 5) is 11.6. The van der Waals surface area contributed by atoms with Crippen LogP contribution in [-0.4, -0.2) is 106 Å². The Morgan fingerprint density at radius 2 is 1.06 bits per heavy atom. The summed E-state index contributed by atoms with van der Waals surface area (Å²) in [5.41, 5.74) is 0.945. The molecule has 1 rings (SSSR count). The van der Waals surface area contributed by atoms with Crippen LogP contribution >= 0.6 is 0 Å². The minimum Gasteiger partial charge on any atom is -0.445 e. The van der Waals surface area contributed by atoms with Crippen LogP contribution in [0.15, 0.2) is 30.3 Å². The monoisotopic (exact) mass is 472 g/mol. The third-order valence-electron chi connectivity index (χ3n) is 4.08. The molecule has 0 aliphatic heterocycles. The van der Waals surface area contributed by atoms with Crippen molar-refractivity contribution in [3.8, 4) is 0 Å². The molecule has 0 spiro atoms. The van der Waals surface area contributed by atoms with Gasteiger partial charge in [0.15, 0.2) is 0 Å². The summed E-state index contributed by atoms with van der Waals surface area (Å²) in [6.45, 7) is 7.74. The summed E-state index contributed by atoms with van der Waals surface area (Å²) in [5, 5.41) is 5.65. The maximum atomic E-state index is 11.6. The molecule has 2 N–H and O–H groups in total. The second kappa shape index (κ2) is 23.4. The van der Waals surface area contributed by atoms with Crippen LogP contribution < -0.4 is 10.6 Å². The largest absolute Gasteiger partial charge is 0.445 e. The Balaban J connectivity index is 1.70. The summed E-state index contributed by atoms with van der Waals surface area (Å²) >= 11 is 0. The molecule has 0 heterocycles. The van der Waals surface area contributed by atoms with Crippen molar-refractivity contribution < 1.29 is 38.0 Å². The molecule has 0 fully saturated rings. The summed E-state index contributed by atoms with van der Waals surface area (Å²) in [7, 11) is 1.89. The number of ether oxygens (including phenoxy) is 7. The number of alkyl carbamates (subject to hydrolysis) is 1. The molecule has 0 unspecified atom stereocenters. The Labute approximate surface area is 197 Å². The van der Waals surface area contributed by atoms with E-state index in [1.54, 1.807) is 0 Å². The number of hydrogen-bond acceptors (Lipinski definition) is 9. The highest BCUT2D eigenvalue weighted by molar-refractivity contribution is 5.67. The van der Waals surface area contributed by atoms with Crippen LogP contribution in [0.3, 0.4) is 0 Å². The molecular weight excluding hydrogens is 432 g/mol. The first-order chi connectivity index (χ1) is 16.3. The van der Waals surface area contributed by atoms with E-state index < -0.39 is 6.09 Å². The van der Waals surface area contributed by atoms with Crippen molar-refractivity contribution in [2.24, 2.45) is 0 Å². The maximum absolute atomic E-state index is 11.6. The first-order valence-corrected chi connectivity index (χ1v) is 11.4. The lowest BCUT2D eigenvalue weighted by molar-refractivity contribution is -0.0163. The quantitative estimate of drug-likeness (QED) is 0.228. The molecule has 0 aromatic heterocycles. The number of carbonyl (C=O) groups is 1. The average molecular weight is 473 g/mol. The minimum atomic E-state index is -0.460. The number of nitrogens with one attached hydrogen (secondary N) is 2. The van der Waals surface area contributed by atoms with Gasteiger partial charge in [-0.05, 0) is 12.6 Å². The fourth-order valence-corrected chi connectivity index (χ4v) is 2.38. The van der Waals surface area contributed by atoms with Crippen molar-refractivity contribution in [3.05, 3.63) is 35.9 Å². The zero-order chi connectivity index (χ0) is 23.7. The first kappa shape index (κ1) is 29.2. The highest BCUT2D eigenvalue weighted by atomic mass is 16.6. The number of carbonyl (C=O) groups excluding carboxylic acids is 1. The zero-order valence-electron chi connectivity index (χ0n) is 19.8. The second-order valence-electron chi connectivity index (χ2n) is 6.77. The van der Waals surface area contributed by atoms with Crippen molar-refractivity contribution in [1.29, 1.82) is 0 Å². The molecule has 10 nitrogen and oxygen atoms in total. The molecule has 33 heavy (non-hydrogen) atoms. The van der Waals surface area contributed by atoms with E-state index >= 15 is 0 Å². The van der Waals surface area contributed by atoms with E-state index in [0.29, 0.717) is 85.8 Å². The van der Waals surface area contributed by atoms with Gasteiger partial charge in [0.2, 0.25) is 0 Å². The predicted octanol–water partition coefficient (Wildman–Crippen LogP) is 1.23. The number of likely N-dealkylation sites (N-methyl/N-ethyl adjacent to an activating group) is 1. The Kier molecular flexibility index (Phi) is 20.7. The molecule has 0 saturated heterocycles. The molecule has 0 aliphatic carbocycles. The van der Waals surface area contributed by atoms with Crippen molar-refractivity contribution in [2.75, 3.05) is 99.4 Å². The van der Waals surface area contributed by atoms with Gasteiger partial charge in [0.05, 0.1) is 79.3 Å². The zero-order valence-corrected chi connectivity index (χ0v) is 19.8. The van der Waals surface area contributed by atoms with Gasteiger partial charge in [0, 0.05) is 13.1 Å². The molecule has 1 aromatic carbocycles. The number of hydrogen-bond donors (Lipinski definition) is 2. The fourth-order valence-electron chi connectivity index (χ4n) is 2.38. The molecule has 0 bridgehead atoms. The third-order valence-corrected chi connectivity index (χ3v) is 4.08. The van der Waals surface area contributed by atoms with Crippen LogP contribution in [0, 0.1) is 0 Å². The van der Waals surface area contributed by atoms with E-state index in [1.807, 2.05) is 37.4 Å². The molecule has 1 aromatic rings. The van der Waals surface area contributed by atoms with E-state index in [4.69, 9.17) is 33.2 Å². The molecule has 1 amide bonds. The SMILES string of the molecule is CNCCOCCOCCOCCOCCOCCOCCNC(=O)OCc1ccccc1. The van der Waals surface area contributed by atoms with Gasteiger partial charge in [-0.3, -0.25) is 0 Å². The second-order valence-corrected chi connectivity index (χ2v) is 6.77. The van der Waals surface area contributed by atoms with Crippen LogP contribution in [-0.2, 0) is 39.8 Å². The van der Waals surface area contributed by atoms with Gasteiger partial charge in [-0.2, -0.15) is 0 Å². The molecule has 0 radical (unpaired) electrons. The topological polar surface area (TPSA) is 106 Å². The van der Waals surface area contributed by atoms with Gasteiger partial charge in [0.25, 0.3) is 0 Å². The van der Waals surface area contributed by atoms with Crippen molar-refractivity contribution in [1.82, 2.24) is 10.6 Å². The van der Waals surface area contributed by atoms with E-state index in [1.165, 1.54) is 0 Å². The Hall–Kier alpha value is -1.79. The Morgan fingerprint density at radius 3 is 1.52 bits per heavy atom. The highest BCUT2D eigenvalue weighted by Gasteiger charge is 2.01. The summed E-state index contributed by atoms with van der Waals surface area (Å²) in [5.74, 6) is 0. The fraction of sp³-hybridized carbons (Fsp3) is 0.696. The van der Waals surface area contributed by atoms with Crippen LogP contribution in [0.25, 0.3) is 0 Å². The molecule has 0 atom stereocenters. The number of rotatable bonds is 23. The maximum Gasteiger partial charge on any atom is 0.407 e. The van der Waals surface area contributed by atoms with Crippen LogP contribution in [0.2, 0.25) is 0 Å². The van der Waals surface area contributed by atoms with Crippen LogP contribution in [0.5, 0.6) is 0 Å². The Morgan fingerprint density at radius 1 is 0.636 bits per heavy atom. The Bertz CT molecular complexity index is 551. The lowest BCUT2D eigenvalue weighted by atomic mass is 10.2. The van der Waals surface area contributed by atoms with Crippen molar-refractivity contribution in [2.45, 2.75) is 6.61 Å². The minimum absolute atomic E-state index is 0.247. The van der Waals surface area contributed by atoms with Crippen molar-refractivity contribution >= 4 is 6.09 Å². The molecule has 0 aliphatic rings. The summed E-state index contributed by atoms with van der Waals surface area (Å²) in [6.07, 6.45) is -0.460. The highest BCUT2D eigenvalue weighted by Crippen LogP contribution is 2.00. The summed E-state index contributed by atoms with van der Waals surface area (Å²) in [6, 6.07) is 9.52. The standard InChI is InChI=1S/C23H40N2O8/c1-24-7-9-27-11-13-29-15-17-31-19-20-32-18-16-30-14-12-28-10-8-25-23(26)33-21-22-5-3-2-4-6-22/h2-6,24H,7-21H2,1H3,(H,25,26). The lowest BCUT2D eigenvalue weighted by Crippen LogP contribution is -2.28. The molecule has 190 valence electrons. The van der Waals surface area contributed by atoms with E-state index in [-0.39, 0.29) is 6.61 Å².